The molecule has 0 spiro atoms. The Kier molecular flexibility index (Phi) is 5.49. The van der Waals surface area contributed by atoms with Crippen LogP contribution in [0.25, 0.3) is 0 Å². The Balaban J connectivity index is 1.84. The van der Waals surface area contributed by atoms with E-state index in [4.69, 9.17) is 16.3 Å². The monoisotopic (exact) mass is 320 g/mol. The van der Waals surface area contributed by atoms with E-state index < -0.39 is 6.03 Å². The first-order chi connectivity index (χ1) is 10.6. The van der Waals surface area contributed by atoms with E-state index in [0.29, 0.717) is 18.0 Å². The number of phenols is 1. The molecule has 6 heteroatoms. The van der Waals surface area contributed by atoms with Gasteiger partial charge in [-0.3, -0.25) is 0 Å². The van der Waals surface area contributed by atoms with Crippen LogP contribution in [-0.4, -0.2) is 24.8 Å². The van der Waals surface area contributed by atoms with Crippen LogP contribution in [0.2, 0.25) is 5.02 Å². The van der Waals surface area contributed by atoms with E-state index in [9.17, 15) is 9.90 Å². The number of rotatable bonds is 5. The lowest BCUT2D eigenvalue weighted by Gasteiger charge is -2.10. The Bertz CT molecular complexity index is 662. The zero-order valence-electron chi connectivity index (χ0n) is 12.1. The number of benzene rings is 2. The van der Waals surface area contributed by atoms with Crippen molar-refractivity contribution in [2.24, 2.45) is 0 Å². The van der Waals surface area contributed by atoms with Crippen LogP contribution in [0, 0.1) is 0 Å². The number of phenolic OH excluding ortho intramolecular Hbond substituents is 1. The van der Waals surface area contributed by atoms with E-state index in [0.717, 1.165) is 11.3 Å². The summed E-state index contributed by atoms with van der Waals surface area (Å²) < 4.78 is 5.15. The van der Waals surface area contributed by atoms with Gasteiger partial charge >= 0.3 is 6.03 Å². The van der Waals surface area contributed by atoms with Gasteiger partial charge in [0.05, 0.1) is 12.8 Å². The average Bonchev–Trinajstić information content (AvgIpc) is 2.51. The SMILES string of the molecule is COc1cccc(CCNC(=O)Nc2cc(Cl)ccc2O)c1. The number of hydrogen-bond acceptors (Lipinski definition) is 3. The highest BCUT2D eigenvalue weighted by Gasteiger charge is 2.06. The van der Waals surface area contributed by atoms with Gasteiger partial charge in [0.25, 0.3) is 0 Å². The third kappa shape index (κ3) is 4.56. The van der Waals surface area contributed by atoms with Crippen molar-refractivity contribution >= 4 is 23.3 Å². The van der Waals surface area contributed by atoms with Crippen molar-refractivity contribution in [1.29, 1.82) is 0 Å². The van der Waals surface area contributed by atoms with Crippen molar-refractivity contribution in [3.63, 3.8) is 0 Å². The van der Waals surface area contributed by atoms with Crippen LogP contribution in [0.1, 0.15) is 5.56 Å². The van der Waals surface area contributed by atoms with Crippen LogP contribution in [0.5, 0.6) is 11.5 Å². The summed E-state index contributed by atoms with van der Waals surface area (Å²) in [7, 11) is 1.61. The molecule has 0 radical (unpaired) electrons. The van der Waals surface area contributed by atoms with E-state index >= 15 is 0 Å². The molecule has 5 nitrogen and oxygen atoms in total. The maximum Gasteiger partial charge on any atom is 0.319 e. The lowest BCUT2D eigenvalue weighted by molar-refractivity contribution is 0.252. The predicted molar refractivity (Wildman–Crippen MR) is 86.8 cm³/mol. The Hall–Kier alpha value is -2.40. The summed E-state index contributed by atoms with van der Waals surface area (Å²) in [6, 6.07) is 11.7. The molecule has 0 saturated carbocycles. The third-order valence-corrected chi connectivity index (χ3v) is 3.28. The van der Waals surface area contributed by atoms with Gasteiger partial charge in [0.1, 0.15) is 11.5 Å². The molecule has 0 unspecified atom stereocenters. The molecule has 0 aromatic heterocycles. The van der Waals surface area contributed by atoms with Crippen molar-refractivity contribution in [3.8, 4) is 11.5 Å². The van der Waals surface area contributed by atoms with Crippen LogP contribution in [0.3, 0.4) is 0 Å². The first-order valence-corrected chi connectivity index (χ1v) is 7.12. The van der Waals surface area contributed by atoms with Gasteiger partial charge in [0.2, 0.25) is 0 Å². The Morgan fingerprint density at radius 3 is 2.86 bits per heavy atom. The number of hydrogen-bond donors (Lipinski definition) is 3. The Morgan fingerprint density at radius 1 is 1.27 bits per heavy atom. The van der Waals surface area contributed by atoms with E-state index in [1.165, 1.54) is 12.1 Å². The van der Waals surface area contributed by atoms with E-state index in [2.05, 4.69) is 10.6 Å². The molecule has 0 heterocycles. The number of amides is 2. The molecule has 2 aromatic rings. The van der Waals surface area contributed by atoms with E-state index in [1.54, 1.807) is 13.2 Å². The zero-order chi connectivity index (χ0) is 15.9. The van der Waals surface area contributed by atoms with Crippen molar-refractivity contribution in [1.82, 2.24) is 5.32 Å². The highest BCUT2D eigenvalue weighted by atomic mass is 35.5. The minimum atomic E-state index is -0.402. The summed E-state index contributed by atoms with van der Waals surface area (Å²) >= 11 is 5.82. The standard InChI is InChI=1S/C16H17ClN2O3/c1-22-13-4-2-3-11(9-13)7-8-18-16(21)19-14-10-12(17)5-6-15(14)20/h2-6,9-10,20H,7-8H2,1H3,(H2,18,19,21). The topological polar surface area (TPSA) is 70.6 Å². The normalized spacial score (nSPS) is 10.1. The van der Waals surface area contributed by atoms with Gasteiger partial charge in [-0.1, -0.05) is 23.7 Å². The van der Waals surface area contributed by atoms with Crippen molar-refractivity contribution < 1.29 is 14.6 Å². The number of methoxy groups -OCH3 is 1. The molecular weight excluding hydrogens is 304 g/mol. The number of halogens is 1. The highest BCUT2D eigenvalue weighted by molar-refractivity contribution is 6.31. The molecule has 2 rings (SSSR count). The molecular formula is C16H17ClN2O3. The second-order valence-corrected chi connectivity index (χ2v) is 5.08. The van der Waals surface area contributed by atoms with Crippen LogP contribution >= 0.6 is 11.6 Å². The number of nitrogens with one attached hydrogen (secondary N) is 2. The molecule has 0 fully saturated rings. The molecule has 0 aliphatic carbocycles. The van der Waals surface area contributed by atoms with Crippen LogP contribution in [0.4, 0.5) is 10.5 Å². The van der Waals surface area contributed by atoms with Crippen LogP contribution < -0.4 is 15.4 Å². The summed E-state index contributed by atoms with van der Waals surface area (Å²) in [5, 5.41) is 15.3. The zero-order valence-corrected chi connectivity index (χ0v) is 12.9. The molecule has 3 N–H and O–H groups in total. The Labute approximate surface area is 133 Å². The molecule has 2 amide bonds. The highest BCUT2D eigenvalue weighted by Crippen LogP contribution is 2.26. The molecule has 0 aliphatic rings. The van der Waals surface area contributed by atoms with Crippen LogP contribution in [0.15, 0.2) is 42.5 Å². The summed E-state index contributed by atoms with van der Waals surface area (Å²) in [6.07, 6.45) is 0.673. The molecule has 0 aliphatic heterocycles. The Morgan fingerprint density at radius 2 is 2.09 bits per heavy atom. The number of aromatic hydroxyl groups is 1. The van der Waals surface area contributed by atoms with Gasteiger partial charge in [-0.05, 0) is 42.3 Å². The van der Waals surface area contributed by atoms with Crippen molar-refractivity contribution in [2.75, 3.05) is 19.0 Å². The maximum absolute atomic E-state index is 11.8. The fourth-order valence-corrected chi connectivity index (χ4v) is 2.10. The first kappa shape index (κ1) is 16.0. The predicted octanol–water partition coefficient (Wildman–Crippen LogP) is 3.42. The van der Waals surface area contributed by atoms with Crippen LogP contribution in [-0.2, 0) is 6.42 Å². The first-order valence-electron chi connectivity index (χ1n) is 6.75. The van der Waals surface area contributed by atoms with E-state index in [1.807, 2.05) is 24.3 Å². The van der Waals surface area contributed by atoms with Gasteiger partial charge in [-0.2, -0.15) is 0 Å². The van der Waals surface area contributed by atoms with Gasteiger partial charge in [-0.15, -0.1) is 0 Å². The van der Waals surface area contributed by atoms with Gasteiger partial charge < -0.3 is 20.5 Å². The maximum atomic E-state index is 11.8. The molecule has 0 atom stereocenters. The quantitative estimate of drug-likeness (QED) is 0.739. The second-order valence-electron chi connectivity index (χ2n) is 4.64. The summed E-state index contributed by atoms with van der Waals surface area (Å²) in [5.41, 5.74) is 1.33. The van der Waals surface area contributed by atoms with Crippen molar-refractivity contribution in [3.05, 3.63) is 53.1 Å². The molecule has 0 saturated heterocycles. The average molecular weight is 321 g/mol. The minimum Gasteiger partial charge on any atom is -0.506 e. The third-order valence-electron chi connectivity index (χ3n) is 3.04. The van der Waals surface area contributed by atoms with Gasteiger partial charge in [0, 0.05) is 11.6 Å². The van der Waals surface area contributed by atoms with E-state index in [-0.39, 0.29) is 11.4 Å². The summed E-state index contributed by atoms with van der Waals surface area (Å²) in [6.45, 7) is 0.459. The fraction of sp³-hybridized carbons (Fsp3) is 0.188. The van der Waals surface area contributed by atoms with Gasteiger partial charge in [0.15, 0.2) is 0 Å². The number of anilines is 1. The summed E-state index contributed by atoms with van der Waals surface area (Å²) in [4.78, 5) is 11.8. The lowest BCUT2D eigenvalue weighted by Crippen LogP contribution is -2.30. The largest absolute Gasteiger partial charge is 0.506 e. The molecule has 22 heavy (non-hydrogen) atoms. The number of urea groups is 1. The molecule has 116 valence electrons. The lowest BCUT2D eigenvalue weighted by atomic mass is 10.1. The molecule has 0 bridgehead atoms. The summed E-state index contributed by atoms with van der Waals surface area (Å²) in [5.74, 6) is 0.748. The van der Waals surface area contributed by atoms with Crippen molar-refractivity contribution in [2.45, 2.75) is 6.42 Å². The second kappa shape index (κ2) is 7.56. The van der Waals surface area contributed by atoms with Gasteiger partial charge in [-0.25, -0.2) is 4.79 Å². The smallest absolute Gasteiger partial charge is 0.319 e. The fourth-order valence-electron chi connectivity index (χ4n) is 1.92. The number of carbonyl (C=O) groups is 1. The number of ether oxygens (including phenoxy) is 1. The minimum absolute atomic E-state index is 0.0349. The molecule has 2 aromatic carbocycles. The number of carbonyl (C=O) groups excluding carboxylic acids is 1.